The van der Waals surface area contributed by atoms with E-state index in [4.69, 9.17) is 0 Å². The van der Waals surface area contributed by atoms with Gasteiger partial charge in [-0.3, -0.25) is 9.59 Å². The van der Waals surface area contributed by atoms with Crippen LogP contribution in [0.15, 0.2) is 0 Å². The largest absolute Gasteiger partial charge is 0.317 e. The summed E-state index contributed by atoms with van der Waals surface area (Å²) >= 11 is 4.65. The molecule has 0 aliphatic heterocycles. The van der Waals surface area contributed by atoms with E-state index in [1.807, 2.05) is 0 Å². The standard InChI is InChI=1S/C26H30N4O2S3/c1-15-3-5-17-19(13-27)25(34-21(17)11-15)29-23(31)7-9-33-10-8-24(32)30-26-20(14-28)18-6-4-16(2)12-22(18)35-26/h15-16H,3-12H2,1-2H3,(H,29,31)(H,30,32)/t15-,16-/m0/s1. The summed E-state index contributed by atoms with van der Waals surface area (Å²) in [6.45, 7) is 4.45. The van der Waals surface area contributed by atoms with Gasteiger partial charge in [-0.15, -0.1) is 22.7 Å². The second-order valence-electron chi connectivity index (χ2n) is 9.54. The summed E-state index contributed by atoms with van der Waals surface area (Å²) in [5.41, 5.74) is 3.51. The lowest BCUT2D eigenvalue weighted by atomic mass is 9.89. The summed E-state index contributed by atoms with van der Waals surface area (Å²) in [4.78, 5) is 27.4. The third kappa shape index (κ3) is 6.09. The lowest BCUT2D eigenvalue weighted by Crippen LogP contribution is -2.14. The van der Waals surface area contributed by atoms with Crippen LogP contribution in [0.4, 0.5) is 10.0 Å². The van der Waals surface area contributed by atoms with E-state index in [1.54, 1.807) is 34.4 Å². The minimum Gasteiger partial charge on any atom is -0.317 e. The fourth-order valence-electron chi connectivity index (χ4n) is 4.72. The number of nitrogens with one attached hydrogen (secondary N) is 2. The average Bonchev–Trinajstić information content (AvgIpc) is 3.33. The van der Waals surface area contributed by atoms with Gasteiger partial charge in [0.2, 0.25) is 11.8 Å². The van der Waals surface area contributed by atoms with Crippen molar-refractivity contribution < 1.29 is 9.59 Å². The van der Waals surface area contributed by atoms with Crippen LogP contribution in [0.3, 0.4) is 0 Å². The average molecular weight is 527 g/mol. The fourth-order valence-corrected chi connectivity index (χ4v) is 8.34. The van der Waals surface area contributed by atoms with E-state index < -0.39 is 0 Å². The van der Waals surface area contributed by atoms with Crippen LogP contribution < -0.4 is 10.6 Å². The molecule has 2 aliphatic carbocycles. The van der Waals surface area contributed by atoms with Gasteiger partial charge in [0.1, 0.15) is 22.1 Å². The molecule has 35 heavy (non-hydrogen) atoms. The van der Waals surface area contributed by atoms with Gasteiger partial charge in [-0.1, -0.05) is 13.8 Å². The van der Waals surface area contributed by atoms with Gasteiger partial charge in [0, 0.05) is 34.1 Å². The molecule has 0 radical (unpaired) electrons. The zero-order valence-corrected chi connectivity index (χ0v) is 22.6. The lowest BCUT2D eigenvalue weighted by molar-refractivity contribution is -0.116. The summed E-state index contributed by atoms with van der Waals surface area (Å²) in [6.07, 6.45) is 6.62. The van der Waals surface area contributed by atoms with Gasteiger partial charge in [0.05, 0.1) is 11.1 Å². The van der Waals surface area contributed by atoms with E-state index >= 15 is 0 Å². The molecule has 6 nitrogen and oxygen atoms in total. The first kappa shape index (κ1) is 25.8. The smallest absolute Gasteiger partial charge is 0.225 e. The van der Waals surface area contributed by atoms with Crippen LogP contribution in [0.2, 0.25) is 0 Å². The molecule has 0 saturated heterocycles. The molecule has 2 heterocycles. The number of anilines is 2. The minimum atomic E-state index is -0.0952. The maximum atomic E-state index is 12.5. The van der Waals surface area contributed by atoms with Crippen LogP contribution in [-0.2, 0) is 35.3 Å². The van der Waals surface area contributed by atoms with Crippen molar-refractivity contribution in [2.24, 2.45) is 11.8 Å². The molecule has 2 aromatic rings. The Balaban J connectivity index is 1.20. The quantitative estimate of drug-likeness (QED) is 0.417. The van der Waals surface area contributed by atoms with E-state index in [0.29, 0.717) is 57.3 Å². The normalized spacial score (nSPS) is 18.6. The summed E-state index contributed by atoms with van der Waals surface area (Å²) in [7, 11) is 0. The number of carbonyl (C=O) groups excluding carboxylic acids is 2. The third-order valence-corrected chi connectivity index (χ3v) is 10.0. The molecule has 184 valence electrons. The first-order valence-corrected chi connectivity index (χ1v) is 14.9. The second-order valence-corrected chi connectivity index (χ2v) is 13.0. The Labute approximate surface area is 219 Å². The lowest BCUT2D eigenvalue weighted by Gasteiger charge is -2.17. The maximum Gasteiger partial charge on any atom is 0.225 e. The first-order valence-electron chi connectivity index (χ1n) is 12.2. The van der Waals surface area contributed by atoms with E-state index in [2.05, 4.69) is 36.6 Å². The van der Waals surface area contributed by atoms with Crippen molar-refractivity contribution in [2.45, 2.75) is 65.2 Å². The molecule has 0 fully saturated rings. The molecule has 0 bridgehead atoms. The van der Waals surface area contributed by atoms with Crippen molar-refractivity contribution in [3.63, 3.8) is 0 Å². The van der Waals surface area contributed by atoms with Crippen LogP contribution in [0.5, 0.6) is 0 Å². The molecule has 0 unspecified atom stereocenters. The Hall–Kier alpha value is -2.33. The summed E-state index contributed by atoms with van der Waals surface area (Å²) in [5, 5.41) is 26.4. The van der Waals surface area contributed by atoms with Gasteiger partial charge < -0.3 is 10.6 Å². The topological polar surface area (TPSA) is 106 Å². The zero-order chi connectivity index (χ0) is 24.9. The Morgan fingerprint density at radius 3 is 1.69 bits per heavy atom. The number of rotatable bonds is 8. The summed E-state index contributed by atoms with van der Waals surface area (Å²) in [5.74, 6) is 2.26. The molecule has 9 heteroatoms. The predicted octanol–water partition coefficient (Wildman–Crippen LogP) is 5.89. The number of hydrogen-bond donors (Lipinski definition) is 2. The number of amides is 2. The maximum absolute atomic E-state index is 12.5. The fraction of sp³-hybridized carbons (Fsp3) is 0.538. The molecular formula is C26H30N4O2S3. The molecule has 2 amide bonds. The monoisotopic (exact) mass is 526 g/mol. The molecular weight excluding hydrogens is 497 g/mol. The Bertz CT molecular complexity index is 1110. The van der Waals surface area contributed by atoms with Crippen molar-refractivity contribution in [3.8, 4) is 12.1 Å². The van der Waals surface area contributed by atoms with Crippen LogP contribution >= 0.6 is 34.4 Å². The highest BCUT2D eigenvalue weighted by Crippen LogP contribution is 2.40. The highest BCUT2D eigenvalue weighted by Gasteiger charge is 2.26. The Morgan fingerprint density at radius 2 is 1.29 bits per heavy atom. The number of carbonyl (C=O) groups is 2. The molecule has 0 aromatic carbocycles. The van der Waals surface area contributed by atoms with Gasteiger partial charge >= 0.3 is 0 Å². The van der Waals surface area contributed by atoms with Crippen molar-refractivity contribution >= 4 is 56.3 Å². The van der Waals surface area contributed by atoms with Crippen LogP contribution in [0, 0.1) is 34.5 Å². The molecule has 0 saturated carbocycles. The highest BCUT2D eigenvalue weighted by molar-refractivity contribution is 7.99. The number of hydrogen-bond acceptors (Lipinski definition) is 7. The molecule has 2 atom stereocenters. The number of thiophene rings is 2. The molecule has 4 rings (SSSR count). The van der Waals surface area contributed by atoms with E-state index in [9.17, 15) is 20.1 Å². The number of thioether (sulfide) groups is 1. The van der Waals surface area contributed by atoms with Gasteiger partial charge in [0.25, 0.3) is 0 Å². The number of nitrogens with zero attached hydrogens (tertiary/aromatic N) is 2. The molecule has 0 spiro atoms. The van der Waals surface area contributed by atoms with Crippen LogP contribution in [0.25, 0.3) is 0 Å². The van der Waals surface area contributed by atoms with Crippen molar-refractivity contribution in [2.75, 3.05) is 22.1 Å². The summed E-state index contributed by atoms with van der Waals surface area (Å²) < 4.78 is 0. The third-order valence-electron chi connectivity index (χ3n) is 6.70. The molecule has 2 aliphatic rings. The SMILES string of the molecule is C[C@H]1CCc2c(sc(NC(=O)CCSCCC(=O)Nc3sc4c(c3C#N)CC[C@H](C)C4)c2C#N)C1. The van der Waals surface area contributed by atoms with E-state index in [0.717, 1.165) is 49.7 Å². The first-order chi connectivity index (χ1) is 16.9. The Morgan fingerprint density at radius 1 is 0.857 bits per heavy atom. The number of fused-ring (bicyclic) bond motifs is 2. The number of nitriles is 2. The highest BCUT2D eigenvalue weighted by atomic mass is 32.2. The second kappa shape index (κ2) is 11.6. The van der Waals surface area contributed by atoms with Crippen LogP contribution in [0.1, 0.15) is 71.5 Å². The van der Waals surface area contributed by atoms with Gasteiger partial charge in [-0.25, -0.2) is 0 Å². The van der Waals surface area contributed by atoms with Crippen molar-refractivity contribution in [1.82, 2.24) is 0 Å². The van der Waals surface area contributed by atoms with Gasteiger partial charge in [0.15, 0.2) is 0 Å². The van der Waals surface area contributed by atoms with E-state index in [1.165, 1.54) is 9.75 Å². The van der Waals surface area contributed by atoms with Crippen molar-refractivity contribution in [3.05, 3.63) is 32.0 Å². The van der Waals surface area contributed by atoms with Crippen LogP contribution in [-0.4, -0.2) is 23.3 Å². The summed E-state index contributed by atoms with van der Waals surface area (Å²) in [6, 6.07) is 4.57. The molecule has 2 aromatic heterocycles. The van der Waals surface area contributed by atoms with Crippen molar-refractivity contribution in [1.29, 1.82) is 10.5 Å². The van der Waals surface area contributed by atoms with Gasteiger partial charge in [-0.2, -0.15) is 22.3 Å². The Kier molecular flexibility index (Phi) is 8.54. The van der Waals surface area contributed by atoms with E-state index in [-0.39, 0.29) is 11.8 Å². The minimum absolute atomic E-state index is 0.0952. The predicted molar refractivity (Wildman–Crippen MR) is 144 cm³/mol. The molecule has 2 N–H and O–H groups in total. The van der Waals surface area contributed by atoms with Gasteiger partial charge in [-0.05, 0) is 61.5 Å². The zero-order valence-electron chi connectivity index (χ0n) is 20.2.